The molecule has 0 bridgehead atoms. The summed E-state index contributed by atoms with van der Waals surface area (Å²) in [7, 11) is 0. The average molecular weight is 277 g/mol. The van der Waals surface area contributed by atoms with E-state index in [0.29, 0.717) is 0 Å². The predicted octanol–water partition coefficient (Wildman–Crippen LogP) is 3.40. The Morgan fingerprint density at radius 2 is 1.86 bits per heavy atom. The van der Waals surface area contributed by atoms with Crippen molar-refractivity contribution in [2.24, 2.45) is 5.84 Å². The van der Waals surface area contributed by atoms with Crippen LogP contribution in [0.15, 0.2) is 54.7 Å². The monoisotopic (exact) mass is 277 g/mol. The van der Waals surface area contributed by atoms with Crippen LogP contribution in [0.3, 0.4) is 0 Å². The zero-order chi connectivity index (χ0) is 14.8. The van der Waals surface area contributed by atoms with Gasteiger partial charge in [0, 0.05) is 11.6 Å². The maximum absolute atomic E-state index is 5.88. The quantitative estimate of drug-likeness (QED) is 0.570. The van der Waals surface area contributed by atoms with Crippen LogP contribution < -0.4 is 11.3 Å². The molecular weight excluding hydrogens is 258 g/mol. The molecule has 1 aromatic heterocycles. The van der Waals surface area contributed by atoms with E-state index in [4.69, 9.17) is 5.84 Å². The largest absolute Gasteiger partial charge is 0.271 e. The summed E-state index contributed by atoms with van der Waals surface area (Å²) in [5.41, 5.74) is 8.76. The molecule has 0 radical (unpaired) electrons. The maximum Gasteiger partial charge on any atom is 0.0719 e. The van der Waals surface area contributed by atoms with E-state index in [2.05, 4.69) is 54.6 Å². The third-order valence-corrected chi connectivity index (χ3v) is 3.90. The molecule has 1 heterocycles. The summed E-state index contributed by atoms with van der Waals surface area (Å²) < 4.78 is 0. The molecule has 3 aromatic rings. The molecule has 3 nitrogen and oxygen atoms in total. The van der Waals surface area contributed by atoms with Crippen molar-refractivity contribution >= 4 is 10.9 Å². The molecule has 0 amide bonds. The normalized spacial score (nSPS) is 12.5. The number of hydrogen-bond donors (Lipinski definition) is 2. The number of rotatable bonds is 3. The minimum atomic E-state index is -0.0437. The lowest BCUT2D eigenvalue weighted by Gasteiger charge is -2.21. The third kappa shape index (κ3) is 2.53. The van der Waals surface area contributed by atoms with Crippen LogP contribution in [0.25, 0.3) is 10.9 Å². The summed E-state index contributed by atoms with van der Waals surface area (Å²) in [6, 6.07) is 16.6. The van der Waals surface area contributed by atoms with Crippen molar-refractivity contribution in [1.82, 2.24) is 10.4 Å². The van der Waals surface area contributed by atoms with Crippen LogP contribution in [0.2, 0.25) is 0 Å². The number of nitrogens with one attached hydrogen (secondary N) is 1. The Hall–Kier alpha value is -2.23. The summed E-state index contributed by atoms with van der Waals surface area (Å²) in [5.74, 6) is 5.88. The van der Waals surface area contributed by atoms with Crippen molar-refractivity contribution in [3.63, 3.8) is 0 Å². The van der Waals surface area contributed by atoms with Gasteiger partial charge in [0.15, 0.2) is 0 Å². The summed E-state index contributed by atoms with van der Waals surface area (Å²) in [6.07, 6.45) is 1.81. The molecule has 1 atom stereocenters. The Morgan fingerprint density at radius 3 is 2.67 bits per heavy atom. The van der Waals surface area contributed by atoms with Gasteiger partial charge >= 0.3 is 0 Å². The fourth-order valence-corrected chi connectivity index (χ4v) is 2.80. The van der Waals surface area contributed by atoms with Crippen LogP contribution >= 0.6 is 0 Å². The van der Waals surface area contributed by atoms with E-state index in [1.807, 2.05) is 24.4 Å². The van der Waals surface area contributed by atoms with E-state index < -0.39 is 0 Å². The topological polar surface area (TPSA) is 50.9 Å². The first-order valence-electron chi connectivity index (χ1n) is 7.07. The van der Waals surface area contributed by atoms with Crippen molar-refractivity contribution < 1.29 is 0 Å². The van der Waals surface area contributed by atoms with Crippen molar-refractivity contribution in [3.8, 4) is 0 Å². The van der Waals surface area contributed by atoms with E-state index >= 15 is 0 Å². The standard InChI is InChI=1S/C18H19N3/c1-12-8-9-13(2)16(11-12)18(21-19)15-5-3-7-17-14(15)6-4-10-20-17/h3-11,18,21H,19H2,1-2H3. The highest BCUT2D eigenvalue weighted by Gasteiger charge is 2.17. The highest BCUT2D eigenvalue weighted by molar-refractivity contribution is 5.83. The van der Waals surface area contributed by atoms with Crippen LogP contribution in [-0.4, -0.2) is 4.98 Å². The number of aromatic nitrogens is 1. The molecule has 0 saturated heterocycles. The van der Waals surface area contributed by atoms with Gasteiger partial charge in [0.2, 0.25) is 0 Å². The van der Waals surface area contributed by atoms with Crippen LogP contribution in [0.4, 0.5) is 0 Å². The number of fused-ring (bicyclic) bond motifs is 1. The third-order valence-electron chi connectivity index (χ3n) is 3.90. The van der Waals surface area contributed by atoms with Crippen LogP contribution in [0, 0.1) is 13.8 Å². The van der Waals surface area contributed by atoms with Crippen molar-refractivity contribution in [3.05, 3.63) is 77.0 Å². The first-order chi connectivity index (χ1) is 10.2. The van der Waals surface area contributed by atoms with Crippen LogP contribution in [-0.2, 0) is 0 Å². The molecule has 2 aromatic carbocycles. The zero-order valence-corrected chi connectivity index (χ0v) is 12.3. The van der Waals surface area contributed by atoms with Gasteiger partial charge in [-0.3, -0.25) is 10.8 Å². The maximum atomic E-state index is 5.88. The van der Waals surface area contributed by atoms with E-state index in [1.165, 1.54) is 16.7 Å². The van der Waals surface area contributed by atoms with Gasteiger partial charge in [0.1, 0.15) is 0 Å². The first kappa shape index (κ1) is 13.7. The van der Waals surface area contributed by atoms with Crippen LogP contribution in [0.1, 0.15) is 28.3 Å². The molecule has 0 aliphatic rings. The highest BCUT2D eigenvalue weighted by atomic mass is 15.2. The van der Waals surface area contributed by atoms with Crippen molar-refractivity contribution in [2.45, 2.75) is 19.9 Å². The summed E-state index contributed by atoms with van der Waals surface area (Å²) in [4.78, 5) is 4.42. The van der Waals surface area contributed by atoms with Crippen molar-refractivity contribution in [1.29, 1.82) is 0 Å². The fourth-order valence-electron chi connectivity index (χ4n) is 2.80. The minimum absolute atomic E-state index is 0.0437. The number of nitrogens with zero attached hydrogens (tertiary/aromatic N) is 1. The van der Waals surface area contributed by atoms with E-state index in [0.717, 1.165) is 16.5 Å². The van der Waals surface area contributed by atoms with Gasteiger partial charge in [0.05, 0.1) is 11.6 Å². The number of hydrazine groups is 1. The lowest BCUT2D eigenvalue weighted by molar-refractivity contribution is 0.637. The van der Waals surface area contributed by atoms with Crippen molar-refractivity contribution in [2.75, 3.05) is 0 Å². The lowest BCUT2D eigenvalue weighted by atomic mass is 9.92. The Morgan fingerprint density at radius 1 is 1.00 bits per heavy atom. The van der Waals surface area contributed by atoms with Gasteiger partial charge < -0.3 is 0 Å². The zero-order valence-electron chi connectivity index (χ0n) is 12.3. The summed E-state index contributed by atoms with van der Waals surface area (Å²) in [5, 5.41) is 1.13. The second-order valence-corrected chi connectivity index (χ2v) is 5.38. The molecule has 21 heavy (non-hydrogen) atoms. The summed E-state index contributed by atoms with van der Waals surface area (Å²) in [6.45, 7) is 4.21. The van der Waals surface area contributed by atoms with E-state index in [1.54, 1.807) is 0 Å². The van der Waals surface area contributed by atoms with Crippen LogP contribution in [0.5, 0.6) is 0 Å². The Labute approximate surface area is 124 Å². The summed E-state index contributed by atoms with van der Waals surface area (Å²) >= 11 is 0. The Kier molecular flexibility index (Phi) is 3.69. The second kappa shape index (κ2) is 5.64. The Bertz CT molecular complexity index is 775. The first-order valence-corrected chi connectivity index (χ1v) is 7.07. The van der Waals surface area contributed by atoms with Gasteiger partial charge in [-0.1, -0.05) is 42.0 Å². The fraction of sp³-hybridized carbons (Fsp3) is 0.167. The molecule has 0 saturated carbocycles. The Balaban J connectivity index is 2.21. The molecule has 0 spiro atoms. The molecule has 1 unspecified atom stereocenters. The predicted molar refractivity (Wildman–Crippen MR) is 86.8 cm³/mol. The molecule has 0 aliphatic heterocycles. The van der Waals surface area contributed by atoms with E-state index in [-0.39, 0.29) is 6.04 Å². The molecule has 0 aliphatic carbocycles. The molecule has 3 rings (SSSR count). The van der Waals surface area contributed by atoms with Gasteiger partial charge in [-0.2, -0.15) is 0 Å². The lowest BCUT2D eigenvalue weighted by Crippen LogP contribution is -2.29. The average Bonchev–Trinajstić information content (AvgIpc) is 2.51. The van der Waals surface area contributed by atoms with Gasteiger partial charge in [-0.05, 0) is 42.7 Å². The number of pyridine rings is 1. The number of benzene rings is 2. The second-order valence-electron chi connectivity index (χ2n) is 5.38. The molecular formula is C18H19N3. The van der Waals surface area contributed by atoms with E-state index in [9.17, 15) is 0 Å². The number of nitrogens with two attached hydrogens (primary N) is 1. The molecule has 0 fully saturated rings. The highest BCUT2D eigenvalue weighted by Crippen LogP contribution is 2.29. The smallest absolute Gasteiger partial charge is 0.0719 e. The molecule has 106 valence electrons. The molecule has 3 heteroatoms. The number of hydrogen-bond acceptors (Lipinski definition) is 3. The van der Waals surface area contributed by atoms with Gasteiger partial charge in [0.25, 0.3) is 0 Å². The SMILES string of the molecule is Cc1ccc(C)c(C(NN)c2cccc3ncccc23)c1. The van der Waals surface area contributed by atoms with Gasteiger partial charge in [-0.25, -0.2) is 5.43 Å². The minimum Gasteiger partial charge on any atom is -0.271 e. The number of aryl methyl sites for hydroxylation is 2. The van der Waals surface area contributed by atoms with Gasteiger partial charge in [-0.15, -0.1) is 0 Å². The molecule has 3 N–H and O–H groups in total.